The Morgan fingerprint density at radius 1 is 1.06 bits per heavy atom. The van der Waals surface area contributed by atoms with Crippen LogP contribution in [0.2, 0.25) is 0 Å². The van der Waals surface area contributed by atoms with Crippen molar-refractivity contribution in [2.24, 2.45) is 0 Å². The second-order valence-electron chi connectivity index (χ2n) is 3.69. The molecule has 0 bridgehead atoms. The lowest BCUT2D eigenvalue weighted by atomic mass is 10.2. The van der Waals surface area contributed by atoms with Crippen molar-refractivity contribution in [1.29, 1.82) is 0 Å². The Hall–Kier alpha value is -1.92. The molecule has 0 fully saturated rings. The van der Waals surface area contributed by atoms with Crippen molar-refractivity contribution in [1.82, 2.24) is 19.9 Å². The lowest BCUT2D eigenvalue weighted by molar-refractivity contribution is 1.30. The third kappa shape index (κ3) is 1.43. The van der Waals surface area contributed by atoms with Gasteiger partial charge in [-0.3, -0.25) is 4.98 Å². The predicted molar refractivity (Wildman–Crippen MR) is 72.7 cm³/mol. The summed E-state index contributed by atoms with van der Waals surface area (Å²) < 4.78 is 1.07. The van der Waals surface area contributed by atoms with E-state index in [9.17, 15) is 0 Å². The van der Waals surface area contributed by atoms with Gasteiger partial charge in [-0.05, 0) is 18.2 Å². The lowest BCUT2D eigenvalue weighted by Gasteiger charge is -2.00. The molecule has 0 N–H and O–H groups in total. The Labute approximate surface area is 110 Å². The number of aromatic nitrogens is 4. The average molecular weight is 269 g/mol. The van der Waals surface area contributed by atoms with Crippen molar-refractivity contribution < 1.29 is 0 Å². The van der Waals surface area contributed by atoms with Crippen molar-refractivity contribution in [2.45, 2.75) is 0 Å². The fourth-order valence-electron chi connectivity index (χ4n) is 1.81. The summed E-state index contributed by atoms with van der Waals surface area (Å²) in [5.74, 6) is 0. The summed E-state index contributed by atoms with van der Waals surface area (Å²) in [6, 6.07) is 5.80. The van der Waals surface area contributed by atoms with Gasteiger partial charge >= 0.3 is 0 Å². The molecule has 4 aromatic heterocycles. The quantitative estimate of drug-likeness (QED) is 0.532. The smallest absolute Gasteiger partial charge is 0.155 e. The Bertz CT molecular complexity index is 849. The summed E-state index contributed by atoms with van der Waals surface area (Å²) in [7, 11) is 0. The van der Waals surface area contributed by atoms with Crippen LogP contribution in [0.15, 0.2) is 29.9 Å². The van der Waals surface area contributed by atoms with E-state index in [0.29, 0.717) is 0 Å². The molecule has 0 atom stereocenters. The molecule has 6 heteroatoms. The molecule has 0 spiro atoms. The van der Waals surface area contributed by atoms with Gasteiger partial charge in [0.15, 0.2) is 5.51 Å². The highest BCUT2D eigenvalue weighted by atomic mass is 32.1. The van der Waals surface area contributed by atoms with E-state index < -0.39 is 0 Å². The van der Waals surface area contributed by atoms with Gasteiger partial charge in [0.25, 0.3) is 0 Å². The normalized spacial score (nSPS) is 11.3. The summed E-state index contributed by atoms with van der Waals surface area (Å²) in [5, 5.41) is 0. The topological polar surface area (TPSA) is 51.6 Å². The maximum absolute atomic E-state index is 4.58. The van der Waals surface area contributed by atoms with Crippen LogP contribution in [-0.2, 0) is 0 Å². The molecule has 0 aliphatic rings. The molecule has 4 nitrogen and oxygen atoms in total. The number of fused-ring (bicyclic) bond motifs is 2. The Morgan fingerprint density at radius 3 is 3.06 bits per heavy atom. The van der Waals surface area contributed by atoms with Gasteiger partial charge in [0.1, 0.15) is 16.0 Å². The molecule has 0 saturated carbocycles. The van der Waals surface area contributed by atoms with E-state index >= 15 is 0 Å². The summed E-state index contributed by atoms with van der Waals surface area (Å²) in [6.45, 7) is 0. The highest BCUT2D eigenvalue weighted by Crippen LogP contribution is 2.29. The zero-order chi connectivity index (χ0) is 11.9. The van der Waals surface area contributed by atoms with Gasteiger partial charge < -0.3 is 0 Å². The van der Waals surface area contributed by atoms with Crippen LogP contribution in [0, 0.1) is 5.51 Å². The van der Waals surface area contributed by atoms with Gasteiger partial charge in [0.05, 0.1) is 21.4 Å². The fourth-order valence-corrected chi connectivity index (χ4v) is 3.19. The molecule has 1 radical (unpaired) electrons. The largest absolute Gasteiger partial charge is 0.253 e. The molecule has 4 heterocycles. The Morgan fingerprint density at radius 2 is 2.06 bits per heavy atom. The number of rotatable bonds is 1. The fraction of sp³-hybridized carbons (Fsp3) is 0. The van der Waals surface area contributed by atoms with Crippen LogP contribution in [0.3, 0.4) is 0 Å². The van der Waals surface area contributed by atoms with Crippen molar-refractivity contribution in [3.8, 4) is 11.4 Å². The summed E-state index contributed by atoms with van der Waals surface area (Å²) >= 11 is 3.00. The molecule has 0 saturated heterocycles. The SMILES string of the molecule is [c]1nc2ccc(-c3nccc4ncsc34)nc2s1. The Balaban J connectivity index is 2.03. The minimum Gasteiger partial charge on any atom is -0.253 e. The molecule has 0 amide bonds. The maximum Gasteiger partial charge on any atom is 0.155 e. The van der Waals surface area contributed by atoms with Crippen LogP contribution >= 0.6 is 22.7 Å². The molecular weight excluding hydrogens is 264 g/mol. The number of hydrogen-bond acceptors (Lipinski definition) is 6. The molecule has 0 aliphatic heterocycles. The molecule has 4 aromatic rings. The van der Waals surface area contributed by atoms with E-state index in [1.54, 1.807) is 17.5 Å². The summed E-state index contributed by atoms with van der Waals surface area (Å²) in [5.41, 5.74) is 8.25. The highest BCUT2D eigenvalue weighted by Gasteiger charge is 2.10. The van der Waals surface area contributed by atoms with E-state index in [1.807, 2.05) is 23.7 Å². The summed E-state index contributed by atoms with van der Waals surface area (Å²) in [6.07, 6.45) is 1.77. The third-order valence-corrected chi connectivity index (χ3v) is 4.16. The van der Waals surface area contributed by atoms with E-state index in [4.69, 9.17) is 0 Å². The zero-order valence-corrected chi connectivity index (χ0v) is 10.6. The maximum atomic E-state index is 4.58. The number of thiazole rings is 2. The predicted octanol–water partition coefficient (Wildman–Crippen LogP) is 3.16. The first-order valence-electron chi connectivity index (χ1n) is 5.24. The molecule has 85 valence electrons. The monoisotopic (exact) mass is 269 g/mol. The lowest BCUT2D eigenvalue weighted by Crippen LogP contribution is -1.87. The van der Waals surface area contributed by atoms with Crippen molar-refractivity contribution in [3.05, 3.63) is 35.4 Å². The number of hydrogen-bond donors (Lipinski definition) is 0. The third-order valence-electron chi connectivity index (χ3n) is 2.64. The van der Waals surface area contributed by atoms with E-state index in [-0.39, 0.29) is 0 Å². The van der Waals surface area contributed by atoms with E-state index in [0.717, 1.165) is 32.0 Å². The zero-order valence-electron chi connectivity index (χ0n) is 8.99. The van der Waals surface area contributed by atoms with Gasteiger partial charge in [0, 0.05) is 6.20 Å². The second kappa shape index (κ2) is 3.79. The number of nitrogens with zero attached hydrogens (tertiary/aromatic N) is 4. The summed E-state index contributed by atoms with van der Waals surface area (Å²) in [4.78, 5) is 18.3. The Kier molecular flexibility index (Phi) is 2.12. The molecule has 0 unspecified atom stereocenters. The van der Waals surface area contributed by atoms with E-state index in [2.05, 4.69) is 25.4 Å². The number of pyridine rings is 2. The first kappa shape index (κ1) is 10.0. The molecule has 18 heavy (non-hydrogen) atoms. The molecule has 0 aromatic carbocycles. The average Bonchev–Trinajstić information content (AvgIpc) is 3.05. The van der Waals surface area contributed by atoms with Crippen LogP contribution in [0.25, 0.3) is 32.0 Å². The minimum absolute atomic E-state index is 0.856. The van der Waals surface area contributed by atoms with Crippen LogP contribution in [-0.4, -0.2) is 19.9 Å². The van der Waals surface area contributed by atoms with Gasteiger partial charge in [-0.2, -0.15) is 0 Å². The van der Waals surface area contributed by atoms with Gasteiger partial charge in [-0.1, -0.05) is 11.3 Å². The first-order chi connectivity index (χ1) is 8.92. The van der Waals surface area contributed by atoms with Gasteiger partial charge in [-0.15, -0.1) is 11.3 Å². The standard InChI is InChI=1S/C12H5N4S2/c1-2-9-12(18-6-15-9)16-7(1)10-11-8(3-4-13-10)14-5-17-11/h1-5H. The van der Waals surface area contributed by atoms with Gasteiger partial charge in [-0.25, -0.2) is 15.0 Å². The molecule has 4 rings (SSSR count). The molecular formula is C12H5N4S2. The van der Waals surface area contributed by atoms with Crippen molar-refractivity contribution in [2.75, 3.05) is 0 Å². The van der Waals surface area contributed by atoms with Crippen LogP contribution in [0.4, 0.5) is 0 Å². The van der Waals surface area contributed by atoms with Gasteiger partial charge in [0.2, 0.25) is 0 Å². The first-order valence-corrected chi connectivity index (χ1v) is 6.93. The van der Waals surface area contributed by atoms with Crippen LogP contribution in [0.1, 0.15) is 0 Å². The van der Waals surface area contributed by atoms with E-state index in [1.165, 1.54) is 11.3 Å². The van der Waals surface area contributed by atoms with Crippen LogP contribution < -0.4 is 0 Å². The van der Waals surface area contributed by atoms with Crippen molar-refractivity contribution in [3.63, 3.8) is 0 Å². The molecule has 0 aliphatic carbocycles. The van der Waals surface area contributed by atoms with Crippen molar-refractivity contribution >= 4 is 43.2 Å². The highest BCUT2D eigenvalue weighted by molar-refractivity contribution is 7.17. The van der Waals surface area contributed by atoms with Crippen LogP contribution in [0.5, 0.6) is 0 Å². The minimum atomic E-state index is 0.856. The second-order valence-corrected chi connectivity index (χ2v) is 5.31.